The standard InChI is InChI=1S/C9H8Cl2N4O3/c10-3-1-4-7(18-2-17-4)5(11)6(3)14-9(16)15-8(12)13/h1H,2H2,(H5,12,13,14,15,16). The van der Waals surface area contributed by atoms with Crippen LogP contribution in [0.2, 0.25) is 10.0 Å². The lowest BCUT2D eigenvalue weighted by Gasteiger charge is -2.09. The molecule has 0 saturated heterocycles. The molecule has 1 heterocycles. The molecule has 5 N–H and O–H groups in total. The maximum atomic E-state index is 11.4. The van der Waals surface area contributed by atoms with E-state index in [0.717, 1.165) is 0 Å². The van der Waals surface area contributed by atoms with Gasteiger partial charge < -0.3 is 26.3 Å². The molecule has 18 heavy (non-hydrogen) atoms. The molecule has 0 aromatic heterocycles. The Morgan fingerprint density at radius 3 is 2.78 bits per heavy atom. The van der Waals surface area contributed by atoms with Gasteiger partial charge in [-0.05, 0) is 0 Å². The number of benzene rings is 1. The molecule has 96 valence electrons. The Bertz CT molecular complexity index is 543. The lowest BCUT2D eigenvalue weighted by Crippen LogP contribution is -2.25. The van der Waals surface area contributed by atoms with Crippen molar-refractivity contribution < 1.29 is 14.3 Å². The summed E-state index contributed by atoms with van der Waals surface area (Å²) in [6.07, 6.45) is 0. The number of nitrogens with one attached hydrogen (secondary N) is 1. The Balaban J connectivity index is 2.34. The normalized spacial score (nSPS) is 12.1. The first-order valence-electron chi connectivity index (χ1n) is 4.67. The van der Waals surface area contributed by atoms with Crippen molar-refractivity contribution in [1.29, 1.82) is 0 Å². The highest BCUT2D eigenvalue weighted by Crippen LogP contribution is 2.47. The fourth-order valence-electron chi connectivity index (χ4n) is 1.34. The highest BCUT2D eigenvalue weighted by Gasteiger charge is 2.23. The van der Waals surface area contributed by atoms with Gasteiger partial charge in [0.2, 0.25) is 6.79 Å². The van der Waals surface area contributed by atoms with Crippen molar-refractivity contribution in [3.8, 4) is 11.5 Å². The number of halogens is 2. The number of hydrogen-bond acceptors (Lipinski definition) is 3. The van der Waals surface area contributed by atoms with Crippen LogP contribution in [-0.4, -0.2) is 18.8 Å². The Labute approximate surface area is 112 Å². The molecule has 0 unspecified atom stereocenters. The third kappa shape index (κ3) is 2.36. The lowest BCUT2D eigenvalue weighted by atomic mass is 10.2. The van der Waals surface area contributed by atoms with Gasteiger partial charge in [0.05, 0.1) is 10.7 Å². The summed E-state index contributed by atoms with van der Waals surface area (Å²) in [6.45, 7) is 0.0384. The summed E-state index contributed by atoms with van der Waals surface area (Å²) in [5, 5.41) is 2.66. The Morgan fingerprint density at radius 1 is 1.39 bits per heavy atom. The average molecular weight is 291 g/mol. The van der Waals surface area contributed by atoms with Gasteiger partial charge in [-0.15, -0.1) is 0 Å². The zero-order chi connectivity index (χ0) is 13.3. The van der Waals surface area contributed by atoms with Gasteiger partial charge in [-0.25, -0.2) is 4.79 Å². The number of fused-ring (bicyclic) bond motifs is 1. The minimum absolute atomic E-state index is 0.0384. The molecule has 1 aliphatic rings. The molecule has 9 heteroatoms. The molecule has 0 spiro atoms. The molecular formula is C9H8Cl2N4O3. The molecule has 0 bridgehead atoms. The number of carbonyl (C=O) groups is 1. The van der Waals surface area contributed by atoms with Crippen LogP contribution in [-0.2, 0) is 0 Å². The maximum Gasteiger partial charge on any atom is 0.348 e. The van der Waals surface area contributed by atoms with Crippen molar-refractivity contribution >= 4 is 40.9 Å². The van der Waals surface area contributed by atoms with Crippen molar-refractivity contribution in [2.75, 3.05) is 12.1 Å². The first kappa shape index (κ1) is 12.6. The van der Waals surface area contributed by atoms with Gasteiger partial charge in [-0.3, -0.25) is 0 Å². The SMILES string of the molecule is NC(N)=NC(=O)Nc1c(Cl)cc2c(c1Cl)OCO2. The fourth-order valence-corrected chi connectivity index (χ4v) is 1.93. The summed E-state index contributed by atoms with van der Waals surface area (Å²) in [4.78, 5) is 14.7. The summed E-state index contributed by atoms with van der Waals surface area (Å²) in [6, 6.07) is 0.679. The predicted molar refractivity (Wildman–Crippen MR) is 67.4 cm³/mol. The van der Waals surface area contributed by atoms with E-state index < -0.39 is 6.03 Å². The minimum Gasteiger partial charge on any atom is -0.453 e. The van der Waals surface area contributed by atoms with E-state index in [4.69, 9.17) is 44.1 Å². The van der Waals surface area contributed by atoms with Crippen molar-refractivity contribution in [1.82, 2.24) is 0 Å². The second-order valence-corrected chi connectivity index (χ2v) is 4.03. The zero-order valence-corrected chi connectivity index (χ0v) is 10.4. The van der Waals surface area contributed by atoms with Gasteiger partial charge in [0.25, 0.3) is 0 Å². The molecule has 1 aromatic carbocycles. The number of urea groups is 1. The first-order chi connectivity index (χ1) is 8.49. The van der Waals surface area contributed by atoms with Crippen LogP contribution in [0.25, 0.3) is 0 Å². The zero-order valence-electron chi connectivity index (χ0n) is 8.87. The number of amides is 2. The largest absolute Gasteiger partial charge is 0.453 e. The number of nitrogens with zero attached hydrogens (tertiary/aromatic N) is 1. The van der Waals surface area contributed by atoms with E-state index in [-0.39, 0.29) is 28.5 Å². The summed E-state index contributed by atoms with van der Waals surface area (Å²) in [7, 11) is 0. The van der Waals surface area contributed by atoms with Crippen LogP contribution in [0.4, 0.5) is 10.5 Å². The molecule has 0 fully saturated rings. The molecule has 1 aliphatic heterocycles. The van der Waals surface area contributed by atoms with Crippen LogP contribution in [0.15, 0.2) is 11.1 Å². The van der Waals surface area contributed by atoms with Crippen LogP contribution in [0, 0.1) is 0 Å². The van der Waals surface area contributed by atoms with Crippen molar-refractivity contribution in [3.63, 3.8) is 0 Å². The highest BCUT2D eigenvalue weighted by atomic mass is 35.5. The number of aliphatic imine (C=N–C) groups is 1. The van der Waals surface area contributed by atoms with Crippen molar-refractivity contribution in [2.45, 2.75) is 0 Å². The number of nitrogens with two attached hydrogens (primary N) is 2. The monoisotopic (exact) mass is 290 g/mol. The van der Waals surface area contributed by atoms with Crippen molar-refractivity contribution in [2.24, 2.45) is 16.5 Å². The smallest absolute Gasteiger partial charge is 0.348 e. The van der Waals surface area contributed by atoms with Gasteiger partial charge in [0.1, 0.15) is 5.02 Å². The van der Waals surface area contributed by atoms with E-state index in [9.17, 15) is 4.79 Å². The van der Waals surface area contributed by atoms with Gasteiger partial charge in [-0.2, -0.15) is 4.99 Å². The third-order valence-corrected chi connectivity index (χ3v) is 2.68. The summed E-state index contributed by atoms with van der Waals surface area (Å²) >= 11 is 12.0. The number of anilines is 1. The Morgan fingerprint density at radius 2 is 2.11 bits per heavy atom. The molecule has 7 nitrogen and oxygen atoms in total. The second kappa shape index (κ2) is 4.79. The molecule has 0 atom stereocenters. The van der Waals surface area contributed by atoms with Gasteiger partial charge in [0.15, 0.2) is 17.5 Å². The number of carbonyl (C=O) groups excluding carboxylic acids is 1. The lowest BCUT2D eigenvalue weighted by molar-refractivity contribution is 0.174. The van der Waals surface area contributed by atoms with Gasteiger partial charge in [0, 0.05) is 6.07 Å². The van der Waals surface area contributed by atoms with E-state index in [1.807, 2.05) is 0 Å². The van der Waals surface area contributed by atoms with Crippen LogP contribution in [0.3, 0.4) is 0 Å². The molecule has 2 rings (SSSR count). The summed E-state index contributed by atoms with van der Waals surface area (Å²) < 4.78 is 10.3. The second-order valence-electron chi connectivity index (χ2n) is 3.25. The average Bonchev–Trinajstić information content (AvgIpc) is 2.71. The third-order valence-electron chi connectivity index (χ3n) is 2.02. The van der Waals surface area contributed by atoms with E-state index >= 15 is 0 Å². The fraction of sp³-hybridized carbons (Fsp3) is 0.111. The van der Waals surface area contributed by atoms with Crippen LogP contribution < -0.4 is 26.3 Å². The summed E-state index contributed by atoms with van der Waals surface area (Å²) in [5.41, 5.74) is 10.3. The van der Waals surface area contributed by atoms with Crippen LogP contribution in [0.1, 0.15) is 0 Å². The number of ether oxygens (including phenoxy) is 2. The predicted octanol–water partition coefficient (Wildman–Crippen LogP) is 1.53. The van der Waals surface area contributed by atoms with Crippen LogP contribution >= 0.6 is 23.2 Å². The molecule has 0 aliphatic carbocycles. The van der Waals surface area contributed by atoms with Gasteiger partial charge >= 0.3 is 6.03 Å². The molecule has 2 amide bonds. The molecular weight excluding hydrogens is 283 g/mol. The Kier molecular flexibility index (Phi) is 3.35. The first-order valence-corrected chi connectivity index (χ1v) is 5.43. The maximum absolute atomic E-state index is 11.4. The molecule has 1 aromatic rings. The highest BCUT2D eigenvalue weighted by molar-refractivity contribution is 6.41. The van der Waals surface area contributed by atoms with Crippen LogP contribution in [0.5, 0.6) is 11.5 Å². The number of rotatable bonds is 1. The molecule has 0 radical (unpaired) electrons. The summed E-state index contributed by atoms with van der Waals surface area (Å²) in [5.74, 6) is 0.339. The van der Waals surface area contributed by atoms with Gasteiger partial charge in [-0.1, -0.05) is 23.2 Å². The quantitative estimate of drug-likeness (QED) is 0.536. The number of guanidine groups is 1. The molecule has 0 saturated carbocycles. The van der Waals surface area contributed by atoms with E-state index in [1.54, 1.807) is 0 Å². The van der Waals surface area contributed by atoms with E-state index in [2.05, 4.69) is 10.3 Å². The minimum atomic E-state index is -0.794. The number of hydrogen-bond donors (Lipinski definition) is 3. The van der Waals surface area contributed by atoms with Crippen molar-refractivity contribution in [3.05, 3.63) is 16.1 Å². The topological polar surface area (TPSA) is 112 Å². The Hall–Kier alpha value is -1.86. The van der Waals surface area contributed by atoms with E-state index in [1.165, 1.54) is 6.07 Å². The van der Waals surface area contributed by atoms with E-state index in [0.29, 0.717) is 11.5 Å².